The Kier molecular flexibility index (Phi) is 6.37. The number of rotatable bonds is 7. The van der Waals surface area contributed by atoms with Gasteiger partial charge in [0.1, 0.15) is 11.9 Å². The minimum absolute atomic E-state index is 0.256. The van der Waals surface area contributed by atoms with Crippen LogP contribution in [0.2, 0.25) is 0 Å². The summed E-state index contributed by atoms with van der Waals surface area (Å²) in [5.41, 5.74) is 2.30. The van der Waals surface area contributed by atoms with Crippen LogP contribution in [0.3, 0.4) is 0 Å². The normalized spacial score (nSPS) is 12.5. The van der Waals surface area contributed by atoms with Gasteiger partial charge < -0.3 is 5.32 Å². The van der Waals surface area contributed by atoms with E-state index in [0.717, 1.165) is 21.7 Å². The molecule has 0 aliphatic carbocycles. The number of carbonyl (C=O) groups is 1. The molecule has 0 saturated carbocycles. The van der Waals surface area contributed by atoms with Crippen molar-refractivity contribution in [3.05, 3.63) is 65.5 Å². The lowest BCUT2D eigenvalue weighted by atomic mass is 10.1. The summed E-state index contributed by atoms with van der Waals surface area (Å²) >= 11 is 0. The number of anilines is 1. The Morgan fingerprint density at radius 1 is 1.12 bits per heavy atom. The van der Waals surface area contributed by atoms with Crippen molar-refractivity contribution in [1.29, 1.82) is 0 Å². The summed E-state index contributed by atoms with van der Waals surface area (Å²) in [5, 5.41) is 2.78. The summed E-state index contributed by atoms with van der Waals surface area (Å²) in [6.07, 6.45) is 1.32. The molecule has 0 bridgehead atoms. The monoisotopic (exact) mass is 378 g/mol. The van der Waals surface area contributed by atoms with Gasteiger partial charge in [-0.2, -0.15) is 0 Å². The minimum atomic E-state index is -3.73. The Morgan fingerprint density at radius 3 is 2.19 bits per heavy atom. The first-order valence-electron chi connectivity index (χ1n) is 8.30. The van der Waals surface area contributed by atoms with Crippen molar-refractivity contribution in [2.75, 3.05) is 10.6 Å². The van der Waals surface area contributed by atoms with Gasteiger partial charge in [-0.1, -0.05) is 36.8 Å². The average Bonchev–Trinajstić information content (AvgIpc) is 2.59. The molecule has 0 radical (unpaired) electrons. The minimum Gasteiger partial charge on any atom is -0.350 e. The van der Waals surface area contributed by atoms with Crippen molar-refractivity contribution in [1.82, 2.24) is 5.32 Å². The highest BCUT2D eigenvalue weighted by Gasteiger charge is 2.31. The number of benzene rings is 2. The first-order valence-corrected chi connectivity index (χ1v) is 10.2. The van der Waals surface area contributed by atoms with Crippen LogP contribution in [0, 0.1) is 12.7 Å². The van der Waals surface area contributed by atoms with Gasteiger partial charge >= 0.3 is 0 Å². The number of hydrogen-bond donors (Lipinski definition) is 1. The van der Waals surface area contributed by atoms with Gasteiger partial charge in [0, 0.05) is 6.54 Å². The topological polar surface area (TPSA) is 66.5 Å². The van der Waals surface area contributed by atoms with E-state index in [1.807, 2.05) is 31.2 Å². The quantitative estimate of drug-likeness (QED) is 0.805. The molecule has 7 heteroatoms. The van der Waals surface area contributed by atoms with E-state index in [1.54, 1.807) is 6.92 Å². The third kappa shape index (κ3) is 5.05. The van der Waals surface area contributed by atoms with Crippen molar-refractivity contribution in [3.8, 4) is 0 Å². The van der Waals surface area contributed by atoms with Crippen LogP contribution < -0.4 is 9.62 Å². The molecule has 140 valence electrons. The van der Waals surface area contributed by atoms with Crippen LogP contribution in [0.15, 0.2) is 48.5 Å². The molecule has 1 atom stereocenters. The van der Waals surface area contributed by atoms with Crippen LogP contribution in [-0.2, 0) is 21.4 Å². The van der Waals surface area contributed by atoms with Crippen molar-refractivity contribution >= 4 is 21.6 Å². The number of aryl methyl sites for hydroxylation is 1. The van der Waals surface area contributed by atoms with E-state index >= 15 is 0 Å². The predicted molar refractivity (Wildman–Crippen MR) is 101 cm³/mol. The van der Waals surface area contributed by atoms with E-state index in [4.69, 9.17) is 0 Å². The molecular formula is C19H23FN2O3S. The molecule has 2 aromatic carbocycles. The Hall–Kier alpha value is -2.41. The van der Waals surface area contributed by atoms with Crippen LogP contribution in [0.5, 0.6) is 0 Å². The Labute approximate surface area is 153 Å². The summed E-state index contributed by atoms with van der Waals surface area (Å²) in [6.45, 7) is 4.01. The van der Waals surface area contributed by atoms with E-state index in [1.165, 1.54) is 24.3 Å². The van der Waals surface area contributed by atoms with E-state index in [0.29, 0.717) is 6.54 Å². The average molecular weight is 378 g/mol. The zero-order valence-corrected chi connectivity index (χ0v) is 15.9. The first-order chi connectivity index (χ1) is 12.2. The van der Waals surface area contributed by atoms with Gasteiger partial charge in [-0.25, -0.2) is 12.8 Å². The number of sulfonamides is 1. The fourth-order valence-electron chi connectivity index (χ4n) is 2.66. The van der Waals surface area contributed by atoms with Crippen molar-refractivity contribution < 1.29 is 17.6 Å². The first kappa shape index (κ1) is 19.9. The van der Waals surface area contributed by atoms with Crippen molar-refractivity contribution in [2.45, 2.75) is 32.9 Å². The van der Waals surface area contributed by atoms with Gasteiger partial charge in [-0.15, -0.1) is 0 Å². The van der Waals surface area contributed by atoms with Gasteiger partial charge in [0.05, 0.1) is 11.9 Å². The lowest BCUT2D eigenvalue weighted by Crippen LogP contribution is -2.49. The zero-order chi connectivity index (χ0) is 19.3. The summed E-state index contributed by atoms with van der Waals surface area (Å²) in [4.78, 5) is 12.7. The lowest BCUT2D eigenvalue weighted by Gasteiger charge is -2.30. The molecule has 0 heterocycles. The number of hydrogen-bond acceptors (Lipinski definition) is 3. The van der Waals surface area contributed by atoms with E-state index in [9.17, 15) is 17.6 Å². The molecule has 5 nitrogen and oxygen atoms in total. The maximum absolute atomic E-state index is 13.2. The number of halogens is 1. The molecule has 2 aromatic rings. The number of amides is 1. The molecule has 0 saturated heterocycles. The zero-order valence-electron chi connectivity index (χ0n) is 15.1. The molecule has 2 rings (SSSR count). The molecule has 0 aromatic heterocycles. The second-order valence-electron chi connectivity index (χ2n) is 6.16. The fourth-order valence-corrected chi connectivity index (χ4v) is 3.87. The van der Waals surface area contributed by atoms with Crippen molar-refractivity contribution in [3.63, 3.8) is 0 Å². The summed E-state index contributed by atoms with van der Waals surface area (Å²) in [7, 11) is -3.73. The van der Waals surface area contributed by atoms with Crippen molar-refractivity contribution in [2.24, 2.45) is 0 Å². The molecular weight excluding hydrogens is 355 g/mol. The lowest BCUT2D eigenvalue weighted by molar-refractivity contribution is -0.122. The number of carbonyl (C=O) groups excluding carboxylic acids is 1. The van der Waals surface area contributed by atoms with Crippen LogP contribution >= 0.6 is 0 Å². The van der Waals surface area contributed by atoms with Crippen LogP contribution in [0.1, 0.15) is 24.5 Å². The van der Waals surface area contributed by atoms with E-state index in [2.05, 4.69) is 5.32 Å². The summed E-state index contributed by atoms with van der Waals surface area (Å²) in [6, 6.07) is 11.8. The number of nitrogens with one attached hydrogen (secondary N) is 1. The van der Waals surface area contributed by atoms with Gasteiger partial charge in [0.25, 0.3) is 0 Å². The van der Waals surface area contributed by atoms with Gasteiger partial charge in [0.2, 0.25) is 15.9 Å². The molecule has 26 heavy (non-hydrogen) atoms. The molecule has 0 fully saturated rings. The predicted octanol–water partition coefficient (Wildman–Crippen LogP) is 3.00. The second kappa shape index (κ2) is 8.31. The smallest absolute Gasteiger partial charge is 0.244 e. The largest absolute Gasteiger partial charge is 0.350 e. The highest BCUT2D eigenvalue weighted by molar-refractivity contribution is 7.92. The third-order valence-corrected chi connectivity index (χ3v) is 5.18. The van der Waals surface area contributed by atoms with Gasteiger partial charge in [-0.3, -0.25) is 9.10 Å². The molecule has 0 aliphatic rings. The summed E-state index contributed by atoms with van der Waals surface area (Å²) < 4.78 is 38.8. The highest BCUT2D eigenvalue weighted by atomic mass is 32.2. The maximum Gasteiger partial charge on any atom is 0.244 e. The fraction of sp³-hybridized carbons (Fsp3) is 0.316. The van der Waals surface area contributed by atoms with E-state index in [-0.39, 0.29) is 12.1 Å². The Bertz CT molecular complexity index is 849. The molecule has 1 amide bonds. The maximum atomic E-state index is 13.2. The van der Waals surface area contributed by atoms with Gasteiger partial charge in [0.15, 0.2) is 0 Å². The molecule has 0 unspecified atom stereocenters. The highest BCUT2D eigenvalue weighted by Crippen LogP contribution is 2.22. The van der Waals surface area contributed by atoms with Gasteiger partial charge in [-0.05, 0) is 43.2 Å². The third-order valence-electron chi connectivity index (χ3n) is 4.00. The number of nitrogens with zero attached hydrogens (tertiary/aromatic N) is 1. The SMILES string of the molecule is CC[C@@H](C(=O)NCc1ccc(C)cc1)N(c1ccc(F)cc1)S(C)(=O)=O. The van der Waals surface area contributed by atoms with Crippen LogP contribution in [0.4, 0.5) is 10.1 Å². The Balaban J connectivity index is 2.22. The molecule has 0 aliphatic heterocycles. The summed E-state index contributed by atoms with van der Waals surface area (Å²) in [5.74, 6) is -0.873. The molecule has 1 N–H and O–H groups in total. The standard InChI is InChI=1S/C19H23FN2O3S/c1-4-18(19(23)21-13-15-7-5-14(2)6-8-15)22(26(3,24)25)17-11-9-16(20)10-12-17/h5-12,18H,4,13H2,1-3H3,(H,21,23)/t18-/m0/s1. The molecule has 0 spiro atoms. The second-order valence-corrected chi connectivity index (χ2v) is 8.02. The Morgan fingerprint density at radius 2 is 1.69 bits per heavy atom. The van der Waals surface area contributed by atoms with Crippen LogP contribution in [0.25, 0.3) is 0 Å². The van der Waals surface area contributed by atoms with Crippen LogP contribution in [-0.4, -0.2) is 26.6 Å². The van der Waals surface area contributed by atoms with E-state index < -0.39 is 27.8 Å².